The number of nitrogens with zero attached hydrogens (tertiary/aromatic N) is 1. The monoisotopic (exact) mass is 622 g/mol. The summed E-state index contributed by atoms with van der Waals surface area (Å²) in [5, 5.41) is 4.12. The highest BCUT2D eigenvalue weighted by atomic mass is 79.9. The van der Waals surface area contributed by atoms with E-state index >= 15 is 0 Å². The molecule has 8 heteroatoms. The number of rotatable bonds is 10. The molecule has 1 N–H and O–H groups in total. The Morgan fingerprint density at radius 2 is 1.43 bits per heavy atom. The van der Waals surface area contributed by atoms with Crippen LogP contribution in [-0.2, 0) is 13.2 Å². The molecule has 37 heavy (non-hydrogen) atoms. The molecular formula is C29H24Br2N2O4. The predicted octanol–water partition coefficient (Wildman–Crippen LogP) is 7.14. The third-order valence-electron chi connectivity index (χ3n) is 5.28. The van der Waals surface area contributed by atoms with Crippen LogP contribution in [0.1, 0.15) is 27.0 Å². The number of hydrazone groups is 1. The third-order valence-corrected chi connectivity index (χ3v) is 6.27. The lowest BCUT2D eigenvalue weighted by Crippen LogP contribution is -2.17. The fourth-order valence-electron chi connectivity index (χ4n) is 3.45. The summed E-state index contributed by atoms with van der Waals surface area (Å²) in [6, 6.07) is 28.3. The summed E-state index contributed by atoms with van der Waals surface area (Å²) in [6.07, 6.45) is 1.56. The van der Waals surface area contributed by atoms with Crippen LogP contribution < -0.4 is 19.6 Å². The Bertz CT molecular complexity index is 1410. The summed E-state index contributed by atoms with van der Waals surface area (Å²) in [6.45, 7) is 0.779. The summed E-state index contributed by atoms with van der Waals surface area (Å²) in [7, 11) is 1.53. The molecule has 6 nitrogen and oxygen atoms in total. The Morgan fingerprint density at radius 1 is 0.784 bits per heavy atom. The van der Waals surface area contributed by atoms with Crippen molar-refractivity contribution in [1.82, 2.24) is 5.43 Å². The van der Waals surface area contributed by atoms with Gasteiger partial charge in [0.2, 0.25) is 0 Å². The van der Waals surface area contributed by atoms with Crippen molar-refractivity contribution in [2.45, 2.75) is 13.2 Å². The molecule has 188 valence electrons. The van der Waals surface area contributed by atoms with Crippen molar-refractivity contribution in [3.8, 4) is 17.2 Å². The first-order valence-electron chi connectivity index (χ1n) is 11.4. The molecular weight excluding hydrogens is 600 g/mol. The lowest BCUT2D eigenvalue weighted by atomic mass is 10.2. The zero-order chi connectivity index (χ0) is 26.0. The number of para-hydroxylation sites is 1. The van der Waals surface area contributed by atoms with Crippen LogP contribution in [0.15, 0.2) is 105 Å². The molecule has 0 aromatic heterocycles. The Balaban J connectivity index is 1.37. The molecule has 0 heterocycles. The van der Waals surface area contributed by atoms with Gasteiger partial charge in [-0.1, -0.05) is 68.3 Å². The third kappa shape index (κ3) is 7.68. The van der Waals surface area contributed by atoms with E-state index in [0.29, 0.717) is 36.0 Å². The molecule has 0 bridgehead atoms. The number of carbonyl (C=O) groups excluding carboxylic acids is 1. The van der Waals surface area contributed by atoms with Gasteiger partial charge < -0.3 is 14.2 Å². The van der Waals surface area contributed by atoms with Crippen molar-refractivity contribution in [2.75, 3.05) is 7.11 Å². The number of benzene rings is 4. The zero-order valence-electron chi connectivity index (χ0n) is 20.0. The number of methoxy groups -OCH3 is 1. The van der Waals surface area contributed by atoms with Crippen LogP contribution in [0.3, 0.4) is 0 Å². The molecule has 0 saturated heterocycles. The number of amides is 1. The summed E-state index contributed by atoms with van der Waals surface area (Å²) < 4.78 is 19.3. The van der Waals surface area contributed by atoms with Crippen molar-refractivity contribution in [3.05, 3.63) is 122 Å². The van der Waals surface area contributed by atoms with Crippen LogP contribution in [0.5, 0.6) is 17.2 Å². The zero-order valence-corrected chi connectivity index (χ0v) is 23.2. The molecule has 0 saturated carbocycles. The Morgan fingerprint density at radius 3 is 2.08 bits per heavy atom. The maximum Gasteiger partial charge on any atom is 0.271 e. The maximum atomic E-state index is 12.7. The van der Waals surface area contributed by atoms with E-state index in [9.17, 15) is 4.79 Å². The molecule has 0 aliphatic rings. The largest absolute Gasteiger partial charge is 0.493 e. The summed E-state index contributed by atoms with van der Waals surface area (Å²) in [4.78, 5) is 12.7. The number of hydrogen-bond donors (Lipinski definition) is 1. The van der Waals surface area contributed by atoms with E-state index in [1.54, 1.807) is 24.4 Å². The maximum absolute atomic E-state index is 12.7. The van der Waals surface area contributed by atoms with Gasteiger partial charge in [-0.05, 0) is 65.7 Å². The van der Waals surface area contributed by atoms with Crippen molar-refractivity contribution in [3.63, 3.8) is 0 Å². The van der Waals surface area contributed by atoms with Gasteiger partial charge in [0.1, 0.15) is 19.0 Å². The van der Waals surface area contributed by atoms with E-state index < -0.39 is 0 Å². The van der Waals surface area contributed by atoms with Gasteiger partial charge in [0, 0.05) is 20.1 Å². The van der Waals surface area contributed by atoms with Crippen molar-refractivity contribution in [2.24, 2.45) is 5.10 Å². The normalized spacial score (nSPS) is 10.8. The SMILES string of the molecule is COc1cc(C(=O)NN=Cc2ccccc2OCc2cccc(Br)c2)ccc1OCc1cccc(Br)c1. The number of hydrogen-bond acceptors (Lipinski definition) is 5. The first kappa shape index (κ1) is 26.4. The second-order valence-corrected chi connectivity index (χ2v) is 9.77. The van der Waals surface area contributed by atoms with Gasteiger partial charge in [-0.3, -0.25) is 4.79 Å². The quantitative estimate of drug-likeness (QED) is 0.151. The van der Waals surface area contributed by atoms with E-state index in [-0.39, 0.29) is 5.91 Å². The first-order chi connectivity index (χ1) is 18.0. The van der Waals surface area contributed by atoms with E-state index in [1.165, 1.54) is 7.11 Å². The summed E-state index contributed by atoms with van der Waals surface area (Å²) in [5.41, 5.74) is 5.73. The van der Waals surface area contributed by atoms with Gasteiger partial charge >= 0.3 is 0 Å². The number of halogens is 2. The van der Waals surface area contributed by atoms with E-state index in [4.69, 9.17) is 14.2 Å². The van der Waals surface area contributed by atoms with E-state index in [1.807, 2.05) is 72.8 Å². The fourth-order valence-corrected chi connectivity index (χ4v) is 4.34. The van der Waals surface area contributed by atoms with Gasteiger partial charge in [0.15, 0.2) is 11.5 Å². The number of ether oxygens (including phenoxy) is 3. The Labute approximate surface area is 232 Å². The highest BCUT2D eigenvalue weighted by Gasteiger charge is 2.11. The lowest BCUT2D eigenvalue weighted by Gasteiger charge is -2.12. The minimum Gasteiger partial charge on any atom is -0.493 e. The molecule has 1 amide bonds. The summed E-state index contributed by atoms with van der Waals surface area (Å²) >= 11 is 6.93. The minimum atomic E-state index is -0.374. The van der Waals surface area contributed by atoms with Crippen molar-refractivity contribution in [1.29, 1.82) is 0 Å². The van der Waals surface area contributed by atoms with Crippen LogP contribution in [0, 0.1) is 0 Å². The Hall–Kier alpha value is -3.62. The minimum absolute atomic E-state index is 0.370. The fraction of sp³-hybridized carbons (Fsp3) is 0.103. The van der Waals surface area contributed by atoms with Crippen molar-refractivity contribution >= 4 is 44.0 Å². The molecule has 0 radical (unpaired) electrons. The Kier molecular flexibility index (Phi) is 9.35. The number of carbonyl (C=O) groups is 1. The average Bonchev–Trinajstić information content (AvgIpc) is 2.91. The van der Waals surface area contributed by atoms with Gasteiger partial charge in [-0.2, -0.15) is 5.10 Å². The molecule has 4 aromatic carbocycles. The molecule has 0 aliphatic carbocycles. The molecule has 0 fully saturated rings. The predicted molar refractivity (Wildman–Crippen MR) is 151 cm³/mol. The van der Waals surface area contributed by atoms with E-state index in [2.05, 4.69) is 42.4 Å². The van der Waals surface area contributed by atoms with Crippen LogP contribution >= 0.6 is 31.9 Å². The van der Waals surface area contributed by atoms with Crippen molar-refractivity contribution < 1.29 is 19.0 Å². The molecule has 0 atom stereocenters. The smallest absolute Gasteiger partial charge is 0.271 e. The van der Waals surface area contributed by atoms with Crippen LogP contribution in [0.25, 0.3) is 0 Å². The second kappa shape index (κ2) is 13.1. The topological polar surface area (TPSA) is 69.2 Å². The molecule has 0 unspecified atom stereocenters. The highest BCUT2D eigenvalue weighted by molar-refractivity contribution is 9.10. The van der Waals surface area contributed by atoms with Crippen LogP contribution in [-0.4, -0.2) is 19.2 Å². The molecule has 4 rings (SSSR count). The van der Waals surface area contributed by atoms with Gasteiger partial charge in [-0.25, -0.2) is 5.43 Å². The van der Waals surface area contributed by atoms with E-state index in [0.717, 1.165) is 25.6 Å². The molecule has 4 aromatic rings. The lowest BCUT2D eigenvalue weighted by molar-refractivity contribution is 0.0954. The van der Waals surface area contributed by atoms with Crippen LogP contribution in [0.2, 0.25) is 0 Å². The first-order valence-corrected chi connectivity index (χ1v) is 13.0. The van der Waals surface area contributed by atoms with Gasteiger partial charge in [0.25, 0.3) is 5.91 Å². The van der Waals surface area contributed by atoms with Gasteiger partial charge in [0.05, 0.1) is 13.3 Å². The van der Waals surface area contributed by atoms with Gasteiger partial charge in [-0.15, -0.1) is 0 Å². The number of nitrogens with one attached hydrogen (secondary N) is 1. The highest BCUT2D eigenvalue weighted by Crippen LogP contribution is 2.29. The molecule has 0 spiro atoms. The summed E-state index contributed by atoms with van der Waals surface area (Å²) in [5.74, 6) is 1.28. The molecule has 0 aliphatic heterocycles. The van der Waals surface area contributed by atoms with Crippen LogP contribution in [0.4, 0.5) is 0 Å². The standard InChI is InChI=1S/C29H24Br2N2O4/c1-35-28-16-22(12-13-27(28)37-19-21-7-5-10-25(31)15-21)29(34)33-32-17-23-8-2-3-11-26(23)36-18-20-6-4-9-24(30)14-20/h2-17H,18-19H2,1H3,(H,33,34). The average molecular weight is 624 g/mol. The second-order valence-electron chi connectivity index (χ2n) is 7.94.